The molecule has 3 rings (SSSR count). The van der Waals surface area contributed by atoms with Crippen molar-refractivity contribution >= 4 is 12.2 Å². The van der Waals surface area contributed by atoms with Gasteiger partial charge in [0.05, 0.1) is 0 Å². The standard InChI is InChI=1S/C20H19NO2.C2H6/c1-2-16-9-6-10-19(13-16)22-14-18-15-23-20(21-18)12-11-17-7-4-3-5-8-17;1-2/h3-13,15H,2,14H2,1H3;1-2H3. The molecule has 25 heavy (non-hydrogen) atoms. The van der Waals surface area contributed by atoms with Crippen LogP contribution >= 0.6 is 0 Å². The molecule has 3 aromatic rings. The molecule has 0 saturated carbocycles. The first-order valence-corrected chi connectivity index (χ1v) is 8.73. The molecule has 0 aliphatic heterocycles. The van der Waals surface area contributed by atoms with E-state index >= 15 is 0 Å². The van der Waals surface area contributed by atoms with E-state index in [4.69, 9.17) is 9.15 Å². The van der Waals surface area contributed by atoms with Crippen molar-refractivity contribution in [2.24, 2.45) is 0 Å². The van der Waals surface area contributed by atoms with Crippen LogP contribution in [-0.4, -0.2) is 4.98 Å². The van der Waals surface area contributed by atoms with E-state index in [0.29, 0.717) is 12.5 Å². The Hall–Kier alpha value is -2.81. The van der Waals surface area contributed by atoms with Crippen LogP contribution in [0.2, 0.25) is 0 Å². The monoisotopic (exact) mass is 335 g/mol. The molecule has 3 heteroatoms. The summed E-state index contributed by atoms with van der Waals surface area (Å²) in [5.74, 6) is 1.43. The van der Waals surface area contributed by atoms with Gasteiger partial charge in [-0.3, -0.25) is 0 Å². The summed E-state index contributed by atoms with van der Waals surface area (Å²) >= 11 is 0. The number of aromatic nitrogens is 1. The SMILES string of the molecule is CC.CCc1cccc(OCc2coc(C=Cc3ccccc3)n2)c1. The highest BCUT2D eigenvalue weighted by molar-refractivity contribution is 5.65. The third-order valence-corrected chi connectivity index (χ3v) is 3.48. The van der Waals surface area contributed by atoms with Crippen LogP contribution in [0.3, 0.4) is 0 Å². The van der Waals surface area contributed by atoms with Gasteiger partial charge in [-0.25, -0.2) is 4.98 Å². The van der Waals surface area contributed by atoms with Gasteiger partial charge >= 0.3 is 0 Å². The minimum absolute atomic E-state index is 0.399. The van der Waals surface area contributed by atoms with E-state index in [1.54, 1.807) is 6.26 Å². The fourth-order valence-corrected chi connectivity index (χ4v) is 2.21. The fraction of sp³-hybridized carbons (Fsp3) is 0.227. The second kappa shape index (κ2) is 10.1. The normalized spacial score (nSPS) is 10.4. The van der Waals surface area contributed by atoms with E-state index in [2.05, 4.69) is 24.0 Å². The van der Waals surface area contributed by atoms with Crippen molar-refractivity contribution < 1.29 is 9.15 Å². The van der Waals surface area contributed by atoms with Crippen molar-refractivity contribution in [1.29, 1.82) is 0 Å². The summed E-state index contributed by atoms with van der Waals surface area (Å²) in [5.41, 5.74) is 3.15. The number of benzene rings is 2. The first-order chi connectivity index (χ1) is 12.3. The zero-order valence-corrected chi connectivity index (χ0v) is 15.1. The van der Waals surface area contributed by atoms with Crippen LogP contribution in [0.4, 0.5) is 0 Å². The van der Waals surface area contributed by atoms with Gasteiger partial charge in [-0.05, 0) is 35.8 Å². The highest BCUT2D eigenvalue weighted by atomic mass is 16.5. The molecule has 0 saturated heterocycles. The Morgan fingerprint density at radius 3 is 2.56 bits per heavy atom. The van der Waals surface area contributed by atoms with Crippen LogP contribution in [0, 0.1) is 0 Å². The first-order valence-electron chi connectivity index (χ1n) is 8.73. The summed E-state index contributed by atoms with van der Waals surface area (Å²) < 4.78 is 11.2. The van der Waals surface area contributed by atoms with Gasteiger partial charge in [0.25, 0.3) is 0 Å². The second-order valence-electron chi connectivity index (χ2n) is 5.21. The van der Waals surface area contributed by atoms with Gasteiger partial charge < -0.3 is 9.15 Å². The number of oxazole rings is 1. The maximum absolute atomic E-state index is 5.76. The van der Waals surface area contributed by atoms with Crippen molar-refractivity contribution in [3.8, 4) is 5.75 Å². The van der Waals surface area contributed by atoms with Crippen molar-refractivity contribution in [1.82, 2.24) is 4.98 Å². The lowest BCUT2D eigenvalue weighted by Crippen LogP contribution is -1.96. The summed E-state index contributed by atoms with van der Waals surface area (Å²) in [6.45, 7) is 6.53. The Balaban J connectivity index is 0.00000109. The molecule has 0 unspecified atom stereocenters. The Morgan fingerprint density at radius 2 is 1.80 bits per heavy atom. The largest absolute Gasteiger partial charge is 0.487 e. The molecule has 0 N–H and O–H groups in total. The minimum atomic E-state index is 0.399. The molecular weight excluding hydrogens is 310 g/mol. The molecule has 0 spiro atoms. The summed E-state index contributed by atoms with van der Waals surface area (Å²) in [5, 5.41) is 0. The molecule has 3 nitrogen and oxygen atoms in total. The lowest BCUT2D eigenvalue weighted by Gasteiger charge is -2.05. The number of hydrogen-bond donors (Lipinski definition) is 0. The molecule has 0 atom stereocenters. The molecule has 2 aromatic carbocycles. The Labute approximate surface area is 150 Å². The zero-order valence-electron chi connectivity index (χ0n) is 15.1. The highest BCUT2D eigenvalue weighted by Crippen LogP contribution is 2.16. The Morgan fingerprint density at radius 1 is 1.00 bits per heavy atom. The van der Waals surface area contributed by atoms with Gasteiger partial charge in [-0.1, -0.05) is 63.2 Å². The van der Waals surface area contributed by atoms with Crippen molar-refractivity contribution in [2.45, 2.75) is 33.8 Å². The fourth-order valence-electron chi connectivity index (χ4n) is 2.21. The molecule has 1 aromatic heterocycles. The third-order valence-electron chi connectivity index (χ3n) is 3.48. The van der Waals surface area contributed by atoms with Crippen LogP contribution in [0.15, 0.2) is 65.3 Å². The predicted octanol–water partition coefficient (Wildman–Crippen LogP) is 6.01. The topological polar surface area (TPSA) is 35.3 Å². The summed E-state index contributed by atoms with van der Waals surface area (Å²) in [7, 11) is 0. The molecule has 0 aliphatic carbocycles. The highest BCUT2D eigenvalue weighted by Gasteiger charge is 2.03. The molecule has 1 heterocycles. The first kappa shape index (κ1) is 18.5. The van der Waals surface area contributed by atoms with Crippen LogP contribution in [0.1, 0.15) is 43.5 Å². The predicted molar refractivity (Wildman–Crippen MR) is 103 cm³/mol. The molecule has 130 valence electrons. The van der Waals surface area contributed by atoms with Crippen molar-refractivity contribution in [2.75, 3.05) is 0 Å². The number of hydrogen-bond acceptors (Lipinski definition) is 3. The Bertz CT molecular complexity index is 775. The lowest BCUT2D eigenvalue weighted by molar-refractivity contribution is 0.300. The van der Waals surface area contributed by atoms with Gasteiger partial charge in [0.15, 0.2) is 0 Å². The minimum Gasteiger partial charge on any atom is -0.487 e. The molecule has 0 aliphatic rings. The molecule has 0 radical (unpaired) electrons. The number of aryl methyl sites for hydroxylation is 1. The number of nitrogens with zero attached hydrogens (tertiary/aromatic N) is 1. The average Bonchev–Trinajstić information content (AvgIpc) is 3.15. The van der Waals surface area contributed by atoms with Crippen LogP contribution in [-0.2, 0) is 13.0 Å². The summed E-state index contributed by atoms with van der Waals surface area (Å²) in [6.07, 6.45) is 6.46. The van der Waals surface area contributed by atoms with Crippen LogP contribution in [0.25, 0.3) is 12.2 Å². The van der Waals surface area contributed by atoms with E-state index in [9.17, 15) is 0 Å². The quantitative estimate of drug-likeness (QED) is 0.553. The van der Waals surface area contributed by atoms with E-state index < -0.39 is 0 Å². The second-order valence-corrected chi connectivity index (χ2v) is 5.21. The molecule has 0 amide bonds. The average molecular weight is 335 g/mol. The maximum Gasteiger partial charge on any atom is 0.218 e. The number of ether oxygens (including phenoxy) is 1. The summed E-state index contributed by atoms with van der Waals surface area (Å²) in [4.78, 5) is 4.40. The van der Waals surface area contributed by atoms with E-state index in [-0.39, 0.29) is 0 Å². The molecule has 0 fully saturated rings. The maximum atomic E-state index is 5.76. The van der Waals surface area contributed by atoms with Gasteiger partial charge in [0.1, 0.15) is 24.3 Å². The Kier molecular flexibility index (Phi) is 7.51. The van der Waals surface area contributed by atoms with Gasteiger partial charge in [-0.15, -0.1) is 0 Å². The van der Waals surface area contributed by atoms with Crippen LogP contribution in [0.5, 0.6) is 5.75 Å². The third kappa shape index (κ3) is 5.96. The van der Waals surface area contributed by atoms with Crippen LogP contribution < -0.4 is 4.74 Å². The van der Waals surface area contributed by atoms with Crippen molar-refractivity contribution in [3.63, 3.8) is 0 Å². The summed E-state index contributed by atoms with van der Waals surface area (Å²) in [6, 6.07) is 18.2. The van der Waals surface area contributed by atoms with E-state index in [1.165, 1.54) is 5.56 Å². The van der Waals surface area contributed by atoms with Gasteiger partial charge in [0.2, 0.25) is 5.89 Å². The van der Waals surface area contributed by atoms with Gasteiger partial charge in [0, 0.05) is 6.08 Å². The lowest BCUT2D eigenvalue weighted by atomic mass is 10.2. The van der Waals surface area contributed by atoms with E-state index in [0.717, 1.165) is 23.4 Å². The molecular formula is C22H25NO2. The zero-order chi connectivity index (χ0) is 17.9. The van der Waals surface area contributed by atoms with E-state index in [1.807, 2.05) is 68.5 Å². The van der Waals surface area contributed by atoms with Gasteiger partial charge in [-0.2, -0.15) is 0 Å². The van der Waals surface area contributed by atoms with Crippen molar-refractivity contribution in [3.05, 3.63) is 83.6 Å². The number of rotatable bonds is 6. The smallest absolute Gasteiger partial charge is 0.218 e. The molecule has 0 bridgehead atoms.